The van der Waals surface area contributed by atoms with E-state index in [0.717, 1.165) is 6.54 Å². The molecule has 0 bridgehead atoms. The Labute approximate surface area is 143 Å². The molecule has 2 nitrogen and oxygen atoms in total. The summed E-state index contributed by atoms with van der Waals surface area (Å²) < 4.78 is 2.30. The number of anilines is 1. The number of allylic oxidation sites excluding steroid dienone is 2. The Morgan fingerprint density at radius 2 is 1.75 bits per heavy atom. The highest BCUT2D eigenvalue weighted by Crippen LogP contribution is 2.25. The van der Waals surface area contributed by atoms with E-state index in [-0.39, 0.29) is 0 Å². The fourth-order valence-corrected chi connectivity index (χ4v) is 3.38. The number of aromatic nitrogens is 1. The van der Waals surface area contributed by atoms with Crippen LogP contribution in [-0.4, -0.2) is 6.54 Å². The smallest absolute Gasteiger partial charge is 0.215 e. The second-order valence-electron chi connectivity index (χ2n) is 6.26. The van der Waals surface area contributed by atoms with E-state index in [1.807, 2.05) is 0 Å². The summed E-state index contributed by atoms with van der Waals surface area (Å²) in [7, 11) is 0. The summed E-state index contributed by atoms with van der Waals surface area (Å²) in [6.45, 7) is 5.29. The van der Waals surface area contributed by atoms with Crippen LogP contribution in [0.5, 0.6) is 0 Å². The van der Waals surface area contributed by atoms with Gasteiger partial charge in [0.2, 0.25) is 5.69 Å². The molecule has 0 atom stereocenters. The topological polar surface area (TPSA) is 7.12 Å². The predicted molar refractivity (Wildman–Crippen MR) is 101 cm³/mol. The molecule has 0 aliphatic carbocycles. The number of aryl methyl sites for hydroxylation is 1. The fraction of sp³-hybridized carbons (Fsp3) is 0.136. The molecule has 0 N–H and O–H groups in total. The first-order valence-electron chi connectivity index (χ1n) is 8.35. The average Bonchev–Trinajstić information content (AvgIpc) is 2.62. The molecule has 0 spiro atoms. The molecule has 0 saturated carbocycles. The first-order chi connectivity index (χ1) is 11.7. The summed E-state index contributed by atoms with van der Waals surface area (Å²) in [5.41, 5.74) is 5.02. The second-order valence-corrected chi connectivity index (χ2v) is 6.26. The van der Waals surface area contributed by atoms with Gasteiger partial charge < -0.3 is 4.90 Å². The van der Waals surface area contributed by atoms with Crippen molar-refractivity contribution in [2.45, 2.75) is 13.8 Å². The van der Waals surface area contributed by atoms with Crippen molar-refractivity contribution in [2.24, 2.45) is 0 Å². The van der Waals surface area contributed by atoms with Crippen LogP contribution >= 0.6 is 0 Å². The van der Waals surface area contributed by atoms with Crippen LogP contribution in [0, 0.1) is 13.8 Å². The van der Waals surface area contributed by atoms with Crippen molar-refractivity contribution in [2.75, 3.05) is 11.4 Å². The molecule has 1 aliphatic rings. The van der Waals surface area contributed by atoms with Gasteiger partial charge in [-0.3, -0.25) is 0 Å². The molecule has 4 rings (SSSR count). The highest BCUT2D eigenvalue weighted by Gasteiger charge is 2.18. The van der Waals surface area contributed by atoms with Crippen LogP contribution in [0.4, 0.5) is 5.69 Å². The number of fused-ring (bicyclic) bond motifs is 1. The second kappa shape index (κ2) is 5.97. The monoisotopic (exact) mass is 313 g/mol. The molecule has 2 heterocycles. The largest absolute Gasteiger partial charge is 0.344 e. The number of hydrogen-bond acceptors (Lipinski definition) is 1. The lowest BCUT2D eigenvalue weighted by Gasteiger charge is -2.22. The number of pyridine rings is 1. The van der Waals surface area contributed by atoms with Crippen LogP contribution in [0.3, 0.4) is 0 Å². The Morgan fingerprint density at radius 3 is 2.54 bits per heavy atom. The van der Waals surface area contributed by atoms with Crippen LogP contribution in [0.15, 0.2) is 79.2 Å². The van der Waals surface area contributed by atoms with E-state index >= 15 is 0 Å². The summed E-state index contributed by atoms with van der Waals surface area (Å²) in [6, 6.07) is 17.3. The molecule has 0 unspecified atom stereocenters. The molecular formula is C22H21N2+. The predicted octanol–water partition coefficient (Wildman–Crippen LogP) is 4.62. The van der Waals surface area contributed by atoms with E-state index in [1.165, 1.54) is 33.4 Å². The number of benzene rings is 2. The average molecular weight is 313 g/mol. The molecule has 0 amide bonds. The molecule has 3 aromatic rings. The Hall–Kier alpha value is -2.87. The Balaban J connectivity index is 1.86. The van der Waals surface area contributed by atoms with Crippen molar-refractivity contribution in [3.63, 3.8) is 0 Å². The third kappa shape index (κ3) is 2.50. The molecule has 0 saturated heterocycles. The van der Waals surface area contributed by atoms with Gasteiger partial charge in [0.15, 0.2) is 11.9 Å². The molecule has 1 aliphatic heterocycles. The Morgan fingerprint density at radius 1 is 0.917 bits per heavy atom. The van der Waals surface area contributed by atoms with Gasteiger partial charge in [-0.2, -0.15) is 4.57 Å². The van der Waals surface area contributed by atoms with Crippen LogP contribution in [0.2, 0.25) is 0 Å². The van der Waals surface area contributed by atoms with Crippen molar-refractivity contribution in [1.82, 2.24) is 0 Å². The van der Waals surface area contributed by atoms with Gasteiger partial charge in [0, 0.05) is 42.8 Å². The highest BCUT2D eigenvalue weighted by molar-refractivity contribution is 5.81. The maximum atomic E-state index is 2.30. The van der Waals surface area contributed by atoms with Gasteiger partial charge in [-0.15, -0.1) is 0 Å². The molecule has 1 aromatic heterocycles. The molecule has 0 fully saturated rings. The highest BCUT2D eigenvalue weighted by atomic mass is 15.1. The Bertz CT molecular complexity index is 967. The zero-order valence-corrected chi connectivity index (χ0v) is 14.1. The third-order valence-electron chi connectivity index (χ3n) is 4.67. The maximum Gasteiger partial charge on any atom is 0.215 e. The van der Waals surface area contributed by atoms with Gasteiger partial charge in [-0.25, -0.2) is 0 Å². The van der Waals surface area contributed by atoms with Crippen molar-refractivity contribution in [3.8, 4) is 5.69 Å². The lowest BCUT2D eigenvalue weighted by atomic mass is 10.1. The van der Waals surface area contributed by atoms with Crippen LogP contribution in [0.1, 0.15) is 11.3 Å². The summed E-state index contributed by atoms with van der Waals surface area (Å²) in [4.78, 5) is 2.29. The van der Waals surface area contributed by atoms with Crippen LogP contribution in [-0.2, 0) is 0 Å². The van der Waals surface area contributed by atoms with E-state index < -0.39 is 0 Å². The van der Waals surface area contributed by atoms with E-state index in [1.54, 1.807) is 0 Å². The standard InChI is InChI=1S/C22H21N2/c1-17-15-19-9-4-5-10-20(19)16-24(17)22-12-8-11-21(18(22)2)23-13-6-3-7-14-23/h3-13,15-16H,14H2,1-2H3/q+1. The quantitative estimate of drug-likeness (QED) is 0.626. The number of nitrogens with zero attached hydrogens (tertiary/aromatic N) is 2. The molecule has 118 valence electrons. The van der Waals surface area contributed by atoms with Gasteiger partial charge in [-0.05, 0) is 30.5 Å². The molecule has 0 radical (unpaired) electrons. The van der Waals surface area contributed by atoms with Gasteiger partial charge in [0.1, 0.15) is 0 Å². The van der Waals surface area contributed by atoms with E-state index in [2.05, 4.69) is 102 Å². The third-order valence-corrected chi connectivity index (χ3v) is 4.67. The van der Waals surface area contributed by atoms with Crippen LogP contribution < -0.4 is 9.47 Å². The molecule has 2 aromatic carbocycles. The van der Waals surface area contributed by atoms with Crippen LogP contribution in [0.25, 0.3) is 16.5 Å². The van der Waals surface area contributed by atoms with E-state index in [4.69, 9.17) is 0 Å². The minimum atomic E-state index is 0.919. The maximum absolute atomic E-state index is 2.30. The van der Waals surface area contributed by atoms with Gasteiger partial charge in [-0.1, -0.05) is 36.4 Å². The van der Waals surface area contributed by atoms with Crippen molar-refractivity contribution < 1.29 is 4.57 Å². The van der Waals surface area contributed by atoms with Crippen molar-refractivity contribution in [1.29, 1.82) is 0 Å². The lowest BCUT2D eigenvalue weighted by molar-refractivity contribution is -0.601. The molecule has 24 heavy (non-hydrogen) atoms. The Kier molecular flexibility index (Phi) is 3.66. The zero-order chi connectivity index (χ0) is 16.5. The van der Waals surface area contributed by atoms with Gasteiger partial charge in [0.05, 0.1) is 5.69 Å². The molecular weight excluding hydrogens is 292 g/mol. The minimum absolute atomic E-state index is 0.919. The lowest BCUT2D eigenvalue weighted by Crippen LogP contribution is -2.35. The van der Waals surface area contributed by atoms with E-state index in [9.17, 15) is 0 Å². The first kappa shape index (κ1) is 14.7. The normalized spacial score (nSPS) is 13.7. The van der Waals surface area contributed by atoms with Gasteiger partial charge >= 0.3 is 0 Å². The van der Waals surface area contributed by atoms with E-state index in [0.29, 0.717) is 0 Å². The molecule has 2 heteroatoms. The zero-order valence-electron chi connectivity index (χ0n) is 14.1. The SMILES string of the molecule is Cc1c(N2C=CC=CC2)cccc1-[n+]1cc2ccccc2cc1C. The summed E-state index contributed by atoms with van der Waals surface area (Å²) in [5.74, 6) is 0. The minimum Gasteiger partial charge on any atom is -0.344 e. The summed E-state index contributed by atoms with van der Waals surface area (Å²) in [6.07, 6.45) is 10.7. The summed E-state index contributed by atoms with van der Waals surface area (Å²) in [5, 5.41) is 2.54. The number of rotatable bonds is 2. The first-order valence-corrected chi connectivity index (χ1v) is 8.35. The fourth-order valence-electron chi connectivity index (χ4n) is 3.38. The summed E-state index contributed by atoms with van der Waals surface area (Å²) >= 11 is 0. The number of hydrogen-bond donors (Lipinski definition) is 0. The van der Waals surface area contributed by atoms with Crippen molar-refractivity contribution in [3.05, 3.63) is 90.4 Å². The van der Waals surface area contributed by atoms with Gasteiger partial charge in [0.25, 0.3) is 0 Å². The van der Waals surface area contributed by atoms with Crippen molar-refractivity contribution >= 4 is 16.5 Å².